The maximum absolute atomic E-state index is 9.97. The molecule has 0 saturated heterocycles. The van der Waals surface area contributed by atoms with Crippen LogP contribution >= 0.6 is 15.9 Å². The van der Waals surface area contributed by atoms with Gasteiger partial charge in [0, 0.05) is 17.2 Å². The fourth-order valence-corrected chi connectivity index (χ4v) is 3.59. The summed E-state index contributed by atoms with van der Waals surface area (Å²) in [7, 11) is 0. The number of aromatic amines is 1. The molecular formula is C16H15BrN4O. The number of fused-ring (bicyclic) bond motifs is 2. The second kappa shape index (κ2) is 5.37. The van der Waals surface area contributed by atoms with Gasteiger partial charge in [0.25, 0.3) is 0 Å². The summed E-state index contributed by atoms with van der Waals surface area (Å²) in [6.45, 7) is 0.885. The fourth-order valence-electron chi connectivity index (χ4n) is 3.21. The predicted octanol–water partition coefficient (Wildman–Crippen LogP) is 2.82. The Morgan fingerprint density at radius 2 is 2.23 bits per heavy atom. The molecule has 0 aliphatic carbocycles. The van der Waals surface area contributed by atoms with Gasteiger partial charge in [-0.15, -0.1) is 0 Å². The molecule has 1 aliphatic rings. The van der Waals surface area contributed by atoms with Crippen molar-refractivity contribution in [2.75, 3.05) is 18.1 Å². The number of H-pyrrole nitrogens is 1. The number of hydrogen-bond acceptors (Lipinski definition) is 4. The minimum Gasteiger partial charge on any atom is -0.394 e. The first-order valence-electron chi connectivity index (χ1n) is 7.22. The average Bonchev–Trinajstić information content (AvgIpc) is 3.02. The van der Waals surface area contributed by atoms with Crippen molar-refractivity contribution >= 4 is 32.8 Å². The Kier molecular flexibility index (Phi) is 3.35. The number of nitrogens with zero attached hydrogens (tertiary/aromatic N) is 3. The van der Waals surface area contributed by atoms with E-state index in [1.807, 2.05) is 12.3 Å². The number of nitrogens with one attached hydrogen (secondary N) is 1. The second-order valence-electron chi connectivity index (χ2n) is 5.42. The number of benzene rings is 1. The summed E-state index contributed by atoms with van der Waals surface area (Å²) in [4.78, 5) is 14.0. The first-order chi connectivity index (χ1) is 10.8. The van der Waals surface area contributed by atoms with Gasteiger partial charge in [-0.2, -0.15) is 0 Å². The maximum atomic E-state index is 9.97. The van der Waals surface area contributed by atoms with Crippen LogP contribution in [0, 0.1) is 0 Å². The smallest absolute Gasteiger partial charge is 0.142 e. The van der Waals surface area contributed by atoms with Crippen molar-refractivity contribution in [3.05, 3.63) is 52.4 Å². The Morgan fingerprint density at radius 3 is 3.09 bits per heavy atom. The van der Waals surface area contributed by atoms with Crippen LogP contribution in [0.2, 0.25) is 0 Å². The molecule has 1 unspecified atom stereocenters. The van der Waals surface area contributed by atoms with E-state index in [-0.39, 0.29) is 12.6 Å². The second-order valence-corrected chi connectivity index (χ2v) is 6.34. The van der Waals surface area contributed by atoms with Crippen molar-refractivity contribution in [3.63, 3.8) is 0 Å². The number of aromatic nitrogens is 3. The topological polar surface area (TPSA) is 65.0 Å². The van der Waals surface area contributed by atoms with Gasteiger partial charge in [-0.25, -0.2) is 9.97 Å². The van der Waals surface area contributed by atoms with Crippen LogP contribution in [0.5, 0.6) is 0 Å². The lowest BCUT2D eigenvalue weighted by atomic mass is 9.93. The van der Waals surface area contributed by atoms with E-state index in [1.54, 1.807) is 6.33 Å². The largest absolute Gasteiger partial charge is 0.394 e. The molecule has 0 saturated carbocycles. The summed E-state index contributed by atoms with van der Waals surface area (Å²) < 4.78 is 1.03. The molecule has 1 aromatic carbocycles. The molecule has 6 heteroatoms. The van der Waals surface area contributed by atoms with Crippen LogP contribution in [0.1, 0.15) is 17.2 Å². The average molecular weight is 359 g/mol. The van der Waals surface area contributed by atoms with Crippen LogP contribution in [0.15, 0.2) is 41.3 Å². The predicted molar refractivity (Wildman–Crippen MR) is 88.9 cm³/mol. The standard InChI is InChI=1S/C16H15BrN4O/c17-11-2-1-10-4-6-21(14(8-22)13(10)7-11)16-12-3-5-18-15(12)19-9-20-16/h1-3,5,7,9,14,22H,4,6,8H2,(H,18,19,20). The molecule has 0 spiro atoms. The third-order valence-corrected chi connectivity index (χ3v) is 4.74. The van der Waals surface area contributed by atoms with Gasteiger partial charge in [0.1, 0.15) is 17.8 Å². The van der Waals surface area contributed by atoms with E-state index >= 15 is 0 Å². The molecule has 5 nitrogen and oxygen atoms in total. The Bertz CT molecular complexity index is 832. The van der Waals surface area contributed by atoms with Crippen molar-refractivity contribution < 1.29 is 5.11 Å². The van der Waals surface area contributed by atoms with Crippen LogP contribution in [0.3, 0.4) is 0 Å². The minimum atomic E-state index is -0.0887. The molecule has 0 fully saturated rings. The molecule has 22 heavy (non-hydrogen) atoms. The third-order valence-electron chi connectivity index (χ3n) is 4.24. The summed E-state index contributed by atoms with van der Waals surface area (Å²) in [5.74, 6) is 0.871. The summed E-state index contributed by atoms with van der Waals surface area (Å²) in [5.41, 5.74) is 3.27. The van der Waals surface area contributed by atoms with Crippen LogP contribution in [-0.4, -0.2) is 33.2 Å². The Morgan fingerprint density at radius 1 is 1.32 bits per heavy atom. The van der Waals surface area contributed by atoms with Crippen LogP contribution in [-0.2, 0) is 6.42 Å². The number of aliphatic hydroxyl groups excluding tert-OH is 1. The molecule has 3 aromatic rings. The molecule has 4 rings (SSSR count). The van der Waals surface area contributed by atoms with Gasteiger partial charge >= 0.3 is 0 Å². The first kappa shape index (κ1) is 13.7. The van der Waals surface area contributed by atoms with Gasteiger partial charge < -0.3 is 15.0 Å². The van der Waals surface area contributed by atoms with Crippen molar-refractivity contribution in [1.82, 2.24) is 15.0 Å². The highest BCUT2D eigenvalue weighted by atomic mass is 79.9. The quantitative estimate of drug-likeness (QED) is 0.739. The fraction of sp³-hybridized carbons (Fsp3) is 0.250. The molecule has 2 N–H and O–H groups in total. The number of anilines is 1. The summed E-state index contributed by atoms with van der Waals surface area (Å²) in [6, 6.07) is 8.17. The van der Waals surface area contributed by atoms with Gasteiger partial charge in [-0.05, 0) is 35.7 Å². The van der Waals surface area contributed by atoms with Crippen molar-refractivity contribution in [1.29, 1.82) is 0 Å². The zero-order valence-corrected chi connectivity index (χ0v) is 13.4. The van der Waals surface area contributed by atoms with Gasteiger partial charge in [0.05, 0.1) is 18.0 Å². The molecule has 2 aromatic heterocycles. The number of aliphatic hydroxyl groups is 1. The van der Waals surface area contributed by atoms with Crippen molar-refractivity contribution in [3.8, 4) is 0 Å². The van der Waals surface area contributed by atoms with Crippen LogP contribution < -0.4 is 4.90 Å². The van der Waals surface area contributed by atoms with Crippen molar-refractivity contribution in [2.24, 2.45) is 0 Å². The Balaban J connectivity index is 1.84. The maximum Gasteiger partial charge on any atom is 0.142 e. The third kappa shape index (κ3) is 2.10. The first-order valence-corrected chi connectivity index (χ1v) is 8.01. The Hall–Kier alpha value is -1.92. The molecule has 3 heterocycles. The SMILES string of the molecule is OCC1c2cc(Br)ccc2CCN1c1ncnc2[nH]ccc12. The summed E-state index contributed by atoms with van der Waals surface area (Å²) >= 11 is 3.53. The van der Waals surface area contributed by atoms with Crippen LogP contribution in [0.25, 0.3) is 11.0 Å². The van der Waals surface area contributed by atoms with Crippen LogP contribution in [0.4, 0.5) is 5.82 Å². The van der Waals surface area contributed by atoms with Crippen molar-refractivity contribution in [2.45, 2.75) is 12.5 Å². The number of halogens is 1. The molecule has 0 amide bonds. The van der Waals surface area contributed by atoms with E-state index in [9.17, 15) is 5.11 Å². The lowest BCUT2D eigenvalue weighted by Gasteiger charge is -2.37. The Labute approximate surface area is 136 Å². The number of hydrogen-bond donors (Lipinski definition) is 2. The van der Waals surface area contributed by atoms with Gasteiger partial charge in [-0.3, -0.25) is 0 Å². The molecule has 1 aliphatic heterocycles. The normalized spacial score (nSPS) is 17.7. The number of rotatable bonds is 2. The molecule has 0 bridgehead atoms. The summed E-state index contributed by atoms with van der Waals surface area (Å²) in [6.07, 6.45) is 4.37. The van der Waals surface area contributed by atoms with Gasteiger partial charge in [0.15, 0.2) is 0 Å². The monoisotopic (exact) mass is 358 g/mol. The zero-order chi connectivity index (χ0) is 15.1. The molecule has 0 radical (unpaired) electrons. The minimum absolute atomic E-state index is 0.0549. The highest BCUT2D eigenvalue weighted by Crippen LogP contribution is 2.36. The van der Waals surface area contributed by atoms with Gasteiger partial charge in [-0.1, -0.05) is 22.0 Å². The van der Waals surface area contributed by atoms with E-state index in [0.717, 1.165) is 39.9 Å². The van der Waals surface area contributed by atoms with E-state index in [1.165, 1.54) is 5.56 Å². The molecule has 112 valence electrons. The molecule has 1 atom stereocenters. The summed E-state index contributed by atoms with van der Waals surface area (Å²) in [5, 5.41) is 11.0. The van der Waals surface area contributed by atoms with Gasteiger partial charge in [0.2, 0.25) is 0 Å². The van der Waals surface area contributed by atoms with E-state index in [2.05, 4.69) is 54.0 Å². The lowest BCUT2D eigenvalue weighted by Crippen LogP contribution is -2.38. The van der Waals surface area contributed by atoms with E-state index < -0.39 is 0 Å². The van der Waals surface area contributed by atoms with E-state index in [0.29, 0.717) is 0 Å². The lowest BCUT2D eigenvalue weighted by molar-refractivity contribution is 0.256. The van der Waals surface area contributed by atoms with E-state index in [4.69, 9.17) is 0 Å². The zero-order valence-electron chi connectivity index (χ0n) is 11.8. The molecular weight excluding hydrogens is 344 g/mol. The highest BCUT2D eigenvalue weighted by molar-refractivity contribution is 9.10. The highest BCUT2D eigenvalue weighted by Gasteiger charge is 2.29.